The Balaban J connectivity index is 0.000000109. The Morgan fingerprint density at radius 2 is 0.454 bits per heavy atom. The first-order valence-electron chi connectivity index (χ1n) is 48.1. The number of aromatic nitrogens is 10. The molecule has 0 fully saturated rings. The van der Waals surface area contributed by atoms with Crippen molar-refractivity contribution in [1.29, 1.82) is 0 Å². The van der Waals surface area contributed by atoms with Crippen LogP contribution in [-0.2, 0) is 21.7 Å². The number of benzene rings is 17. The molecule has 0 saturated heterocycles. The van der Waals surface area contributed by atoms with Crippen LogP contribution < -0.4 is 0 Å². The smallest absolute Gasteiger partial charge is 0.182 e. The largest absolute Gasteiger partial charge is 0.455 e. The van der Waals surface area contributed by atoms with Gasteiger partial charge < -0.3 is 13.3 Å². The van der Waals surface area contributed by atoms with E-state index in [1.165, 1.54) is 83.5 Å². The zero-order valence-corrected chi connectivity index (χ0v) is 78.8. The van der Waals surface area contributed by atoms with E-state index in [-0.39, 0.29) is 21.7 Å². The van der Waals surface area contributed by atoms with E-state index in [0.29, 0.717) is 58.1 Å². The molecule has 17 aromatic carbocycles. The number of pyridine rings is 1. The van der Waals surface area contributed by atoms with E-state index in [1.54, 1.807) is 6.20 Å². The van der Waals surface area contributed by atoms with Crippen LogP contribution in [0.5, 0.6) is 0 Å². The van der Waals surface area contributed by atoms with E-state index in [9.17, 15) is 0 Å². The van der Waals surface area contributed by atoms with Gasteiger partial charge in [-0.1, -0.05) is 389 Å². The molecular weight excluding hydrogens is 1730 g/mol. The standard InChI is InChI=1S/C44H32N4O.2C42H29N3O/c1-43(2)31-16-8-5-13-26(31)27-21-20-25(23-33(27)43)40-46-41(35-18-11-12-22-45-35)48-42(47-40)38-37-29-15-6-9-17-32(29)44(3,4)34(37)24-30-28-14-7-10-19-36(28)49-39(30)38;1-42(2)33-22-11-9-21-31(33)37-34(42)25-32-30-20-10-12-23-35(30)46-38(32)36(37)28-18-13-19-29(24-28)41-44-39(26-14-5-3-6-15-26)43-40(45-41)27-16-7-4-8-17-27;1-42(2)33-19-11-9-18-31(33)37-34(42)25-32-30-17-10-12-20-35(30)46-38(32)36(37)26-21-23-29(24-22-26)41-44-39(27-13-5-3-6-14-27)43-40(45-41)28-15-7-4-8-16-28/h5-24H,1-4H3;2*3-25H,1-2H3. The summed E-state index contributed by atoms with van der Waals surface area (Å²) < 4.78 is 20.1. The van der Waals surface area contributed by atoms with Gasteiger partial charge in [-0.05, 0) is 155 Å². The lowest BCUT2D eigenvalue weighted by molar-refractivity contribution is 0.657. The van der Waals surface area contributed by atoms with Crippen LogP contribution in [0.2, 0.25) is 0 Å². The summed E-state index contributed by atoms with van der Waals surface area (Å²) in [4.78, 5) is 50.0. The summed E-state index contributed by atoms with van der Waals surface area (Å²) >= 11 is 0. The molecule has 141 heavy (non-hydrogen) atoms. The summed E-state index contributed by atoms with van der Waals surface area (Å²) in [6.07, 6.45) is 1.78. The Morgan fingerprint density at radius 1 is 0.170 bits per heavy atom. The van der Waals surface area contributed by atoms with Gasteiger partial charge in [-0.25, -0.2) is 44.9 Å². The fourth-order valence-corrected chi connectivity index (χ4v) is 22.4. The summed E-state index contributed by atoms with van der Waals surface area (Å²) in [7, 11) is 0. The van der Waals surface area contributed by atoms with Crippen molar-refractivity contribution in [3.8, 4) is 169 Å². The van der Waals surface area contributed by atoms with Crippen molar-refractivity contribution in [2.24, 2.45) is 0 Å². The average Bonchev–Trinajstić information content (AvgIpc) is 1.55. The van der Waals surface area contributed by atoms with Gasteiger partial charge in [0.05, 0.1) is 5.56 Å². The molecule has 28 rings (SSSR count). The van der Waals surface area contributed by atoms with Gasteiger partial charge in [0.25, 0.3) is 0 Å². The molecule has 0 bridgehead atoms. The van der Waals surface area contributed by atoms with Crippen molar-refractivity contribution in [2.45, 2.75) is 77.0 Å². The molecule has 0 radical (unpaired) electrons. The van der Waals surface area contributed by atoms with Crippen LogP contribution in [0.25, 0.3) is 235 Å². The van der Waals surface area contributed by atoms with E-state index in [1.807, 2.05) is 164 Å². The molecule has 7 heterocycles. The molecule has 0 unspecified atom stereocenters. The molecule has 4 aliphatic carbocycles. The number of hydrogen-bond donors (Lipinski definition) is 0. The van der Waals surface area contributed by atoms with Gasteiger partial charge in [0.1, 0.15) is 39.2 Å². The van der Waals surface area contributed by atoms with Gasteiger partial charge in [-0.15, -0.1) is 0 Å². The average molecular weight is 1820 g/mol. The van der Waals surface area contributed by atoms with Gasteiger partial charge in [0, 0.05) is 116 Å². The number of nitrogens with zero attached hydrogens (tertiary/aromatic N) is 10. The van der Waals surface area contributed by atoms with Crippen molar-refractivity contribution >= 4 is 65.8 Å². The van der Waals surface area contributed by atoms with Crippen molar-refractivity contribution in [3.05, 3.63) is 445 Å². The summed E-state index contributed by atoms with van der Waals surface area (Å²) in [5, 5.41) is 6.68. The summed E-state index contributed by atoms with van der Waals surface area (Å²) in [5.41, 5.74) is 37.3. The predicted molar refractivity (Wildman–Crippen MR) is 569 cm³/mol. The number of fused-ring (bicyclic) bond motifs is 21. The predicted octanol–water partition coefficient (Wildman–Crippen LogP) is 32.3. The molecule has 4 aliphatic rings. The topological polar surface area (TPSA) is 168 Å². The second kappa shape index (κ2) is 32.5. The summed E-state index contributed by atoms with van der Waals surface area (Å²) in [5.74, 6) is 5.55. The third-order valence-electron chi connectivity index (χ3n) is 29.5. The number of para-hydroxylation sites is 3. The van der Waals surface area contributed by atoms with Gasteiger partial charge in [-0.2, -0.15) is 0 Å². The van der Waals surface area contributed by atoms with Crippen LogP contribution in [0.1, 0.15) is 99.9 Å². The highest BCUT2D eigenvalue weighted by atomic mass is 16.3. The highest BCUT2D eigenvalue weighted by Crippen LogP contribution is 2.60. The lowest BCUT2D eigenvalue weighted by Crippen LogP contribution is -2.15. The molecule has 0 N–H and O–H groups in total. The van der Waals surface area contributed by atoms with Crippen LogP contribution in [0.15, 0.2) is 414 Å². The zero-order chi connectivity index (χ0) is 94.7. The number of rotatable bonds is 11. The minimum atomic E-state index is -0.229. The molecule has 0 aliphatic heterocycles. The second-order valence-electron chi connectivity index (χ2n) is 39.1. The Hall–Kier alpha value is -17.7. The first-order valence-corrected chi connectivity index (χ1v) is 48.1. The molecule has 24 aromatic rings. The van der Waals surface area contributed by atoms with Crippen molar-refractivity contribution in [2.75, 3.05) is 0 Å². The normalized spacial score (nSPS) is 13.8. The number of furan rings is 3. The summed E-state index contributed by atoms with van der Waals surface area (Å²) in [6.45, 7) is 18.5. The maximum absolute atomic E-state index is 6.75. The van der Waals surface area contributed by atoms with E-state index in [4.69, 9.17) is 58.1 Å². The van der Waals surface area contributed by atoms with Crippen LogP contribution in [0, 0.1) is 0 Å². The van der Waals surface area contributed by atoms with Crippen molar-refractivity contribution < 1.29 is 13.3 Å². The van der Waals surface area contributed by atoms with Crippen molar-refractivity contribution in [1.82, 2.24) is 49.8 Å². The third-order valence-corrected chi connectivity index (χ3v) is 29.5. The van der Waals surface area contributed by atoms with Gasteiger partial charge in [-0.3, -0.25) is 4.98 Å². The molecular formula is C128H90N10O3. The molecule has 0 spiro atoms. The Morgan fingerprint density at radius 3 is 0.879 bits per heavy atom. The fourth-order valence-electron chi connectivity index (χ4n) is 22.4. The van der Waals surface area contributed by atoms with Gasteiger partial charge in [0.2, 0.25) is 0 Å². The van der Waals surface area contributed by atoms with E-state index in [2.05, 4.69) is 291 Å². The van der Waals surface area contributed by atoms with Crippen LogP contribution in [0.3, 0.4) is 0 Å². The van der Waals surface area contributed by atoms with Gasteiger partial charge >= 0.3 is 0 Å². The third kappa shape index (κ3) is 13.6. The SMILES string of the molecule is CC1(C)c2ccccc2-c2c1cc1c(oc3ccccc31)c2-c1ccc(-c2nc(-c3ccccc3)nc(-c3ccccc3)n2)cc1.CC1(C)c2ccccc2-c2c1cc1c(oc3ccccc31)c2-c1cccc(-c2nc(-c3ccccc3)nc(-c3ccccc3)n2)c1.CC1(C)c2ccccc2-c2ccc(-c3nc(-c4ccccn4)nc(-c4c5c(cc6c4oc4ccccc46)C(C)(C)c4ccccc4-5)n3)cc21. The molecule has 0 atom stereocenters. The highest BCUT2D eigenvalue weighted by molar-refractivity contribution is 6.18. The Labute approximate surface area is 814 Å². The lowest BCUT2D eigenvalue weighted by atomic mass is 9.81. The molecule has 13 nitrogen and oxygen atoms in total. The van der Waals surface area contributed by atoms with Crippen LogP contribution in [0.4, 0.5) is 0 Å². The molecule has 0 saturated carbocycles. The molecule has 0 amide bonds. The quantitative estimate of drug-likeness (QED) is 0.120. The fraction of sp³-hybridized carbons (Fsp3) is 0.0938. The maximum Gasteiger partial charge on any atom is 0.182 e. The van der Waals surface area contributed by atoms with E-state index >= 15 is 0 Å². The Kier molecular flexibility index (Phi) is 19.3. The van der Waals surface area contributed by atoms with Gasteiger partial charge in [0.15, 0.2) is 52.4 Å². The van der Waals surface area contributed by atoms with Crippen LogP contribution in [-0.4, -0.2) is 49.8 Å². The second-order valence-corrected chi connectivity index (χ2v) is 39.1. The zero-order valence-electron chi connectivity index (χ0n) is 78.8. The van der Waals surface area contributed by atoms with E-state index in [0.717, 1.165) is 138 Å². The minimum Gasteiger partial charge on any atom is -0.455 e. The maximum atomic E-state index is 6.75. The lowest BCUT2D eigenvalue weighted by Gasteiger charge is -2.22. The monoisotopic (exact) mass is 1810 g/mol. The molecule has 13 heteroatoms. The summed E-state index contributed by atoms with van der Waals surface area (Å²) in [6, 6.07) is 137. The molecule has 7 aromatic heterocycles. The van der Waals surface area contributed by atoms with Crippen LogP contribution >= 0.6 is 0 Å². The minimum absolute atomic E-state index is 0.139. The molecule has 670 valence electrons. The van der Waals surface area contributed by atoms with E-state index < -0.39 is 0 Å². The number of hydrogen-bond acceptors (Lipinski definition) is 13. The first-order chi connectivity index (χ1) is 68.9. The highest BCUT2D eigenvalue weighted by Gasteiger charge is 2.44. The first kappa shape index (κ1) is 83.9. The van der Waals surface area contributed by atoms with Crippen molar-refractivity contribution in [3.63, 3.8) is 0 Å². The Bertz CT molecular complexity index is 9110.